The van der Waals surface area contributed by atoms with Crippen LogP contribution in [0.4, 0.5) is 0 Å². The van der Waals surface area contributed by atoms with Crippen LogP contribution < -0.4 is 0 Å². The summed E-state index contributed by atoms with van der Waals surface area (Å²) in [7, 11) is 0. The molecule has 22 heavy (non-hydrogen) atoms. The van der Waals surface area contributed by atoms with Crippen LogP contribution in [-0.4, -0.2) is 62.3 Å². The van der Waals surface area contributed by atoms with E-state index in [1.165, 1.54) is 0 Å². The molecule has 120 valence electrons. The molecule has 0 aliphatic carbocycles. The SMILES string of the molecule is O=C(O[C@@H]([C@H](O)[C@@H]1COCO1)[C@H]1COCO1)c1ccccc1. The molecule has 0 radical (unpaired) electrons. The Balaban J connectivity index is 1.71. The van der Waals surface area contributed by atoms with Crippen LogP contribution in [0.5, 0.6) is 0 Å². The van der Waals surface area contributed by atoms with Gasteiger partial charge in [0.25, 0.3) is 0 Å². The Bertz CT molecular complexity index is 480. The summed E-state index contributed by atoms with van der Waals surface area (Å²) in [6.45, 7) is 0.716. The Morgan fingerprint density at radius 1 is 1.09 bits per heavy atom. The molecule has 2 fully saturated rings. The molecule has 0 unspecified atom stereocenters. The summed E-state index contributed by atoms with van der Waals surface area (Å²) in [4.78, 5) is 12.2. The lowest BCUT2D eigenvalue weighted by Gasteiger charge is -2.29. The van der Waals surface area contributed by atoms with Crippen molar-refractivity contribution < 1.29 is 33.6 Å². The largest absolute Gasteiger partial charge is 0.453 e. The molecule has 7 nitrogen and oxygen atoms in total. The summed E-state index contributed by atoms with van der Waals surface area (Å²) in [5, 5.41) is 10.4. The quantitative estimate of drug-likeness (QED) is 0.784. The van der Waals surface area contributed by atoms with Crippen LogP contribution in [0.3, 0.4) is 0 Å². The number of benzene rings is 1. The molecular formula is C15H18O7. The molecule has 1 aromatic rings. The van der Waals surface area contributed by atoms with Crippen molar-refractivity contribution in [1.82, 2.24) is 0 Å². The van der Waals surface area contributed by atoms with Crippen molar-refractivity contribution in [3.8, 4) is 0 Å². The summed E-state index contributed by atoms with van der Waals surface area (Å²) in [5.41, 5.74) is 0.405. The minimum Gasteiger partial charge on any atom is -0.453 e. The van der Waals surface area contributed by atoms with E-state index in [4.69, 9.17) is 23.7 Å². The van der Waals surface area contributed by atoms with Gasteiger partial charge in [-0.3, -0.25) is 0 Å². The zero-order chi connectivity index (χ0) is 15.4. The Labute approximate surface area is 127 Å². The highest BCUT2D eigenvalue weighted by atomic mass is 16.7. The number of aliphatic hydroxyl groups is 1. The van der Waals surface area contributed by atoms with Crippen LogP contribution in [0.25, 0.3) is 0 Å². The fourth-order valence-electron chi connectivity index (χ4n) is 2.43. The minimum absolute atomic E-state index is 0.110. The van der Waals surface area contributed by atoms with Gasteiger partial charge in [0, 0.05) is 0 Å². The Morgan fingerprint density at radius 3 is 2.32 bits per heavy atom. The molecule has 4 atom stereocenters. The highest BCUT2D eigenvalue weighted by Gasteiger charge is 2.41. The van der Waals surface area contributed by atoms with Crippen molar-refractivity contribution in [3.63, 3.8) is 0 Å². The highest BCUT2D eigenvalue weighted by molar-refractivity contribution is 5.89. The predicted octanol–water partition coefficient (Wildman–Crippen LogP) is 0.319. The fourth-order valence-corrected chi connectivity index (χ4v) is 2.43. The van der Waals surface area contributed by atoms with E-state index in [0.717, 1.165) is 0 Å². The standard InChI is InChI=1S/C15H18O7/c16-13(11-6-18-8-20-11)14(12-7-19-9-21-12)22-15(17)10-4-2-1-3-5-10/h1-5,11-14,16H,6-9H2/t11-,12+,13+,14+/m0/s1. The molecule has 1 aromatic carbocycles. The van der Waals surface area contributed by atoms with Crippen molar-refractivity contribution in [1.29, 1.82) is 0 Å². The molecule has 2 aliphatic rings. The maximum absolute atomic E-state index is 12.2. The van der Waals surface area contributed by atoms with Gasteiger partial charge in [-0.25, -0.2) is 4.79 Å². The summed E-state index contributed by atoms with van der Waals surface area (Å²) in [5.74, 6) is -0.529. The van der Waals surface area contributed by atoms with E-state index in [9.17, 15) is 9.90 Å². The third-order valence-electron chi connectivity index (χ3n) is 3.63. The second kappa shape index (κ2) is 7.17. The normalized spacial score (nSPS) is 27.5. The van der Waals surface area contributed by atoms with Crippen molar-refractivity contribution in [2.24, 2.45) is 0 Å². The molecule has 0 amide bonds. The number of hydrogen-bond donors (Lipinski definition) is 1. The van der Waals surface area contributed by atoms with Crippen molar-refractivity contribution >= 4 is 5.97 Å². The van der Waals surface area contributed by atoms with Gasteiger partial charge in [0.05, 0.1) is 18.8 Å². The lowest BCUT2D eigenvalue weighted by atomic mass is 10.0. The van der Waals surface area contributed by atoms with E-state index < -0.39 is 30.4 Å². The first-order valence-electron chi connectivity index (χ1n) is 7.08. The monoisotopic (exact) mass is 310 g/mol. The topological polar surface area (TPSA) is 83.5 Å². The molecule has 0 aromatic heterocycles. The first-order valence-corrected chi connectivity index (χ1v) is 7.08. The van der Waals surface area contributed by atoms with E-state index in [2.05, 4.69) is 0 Å². The first kappa shape index (κ1) is 15.4. The third-order valence-corrected chi connectivity index (χ3v) is 3.63. The Morgan fingerprint density at radius 2 is 1.73 bits per heavy atom. The molecule has 0 saturated carbocycles. The van der Waals surface area contributed by atoms with E-state index >= 15 is 0 Å². The second-order valence-corrected chi connectivity index (χ2v) is 5.11. The molecule has 2 aliphatic heterocycles. The Hall–Kier alpha value is -1.51. The number of carbonyl (C=O) groups is 1. The summed E-state index contributed by atoms with van der Waals surface area (Å²) in [6, 6.07) is 8.58. The number of aliphatic hydroxyl groups excluding tert-OH is 1. The maximum atomic E-state index is 12.2. The molecular weight excluding hydrogens is 292 g/mol. The van der Waals surface area contributed by atoms with Gasteiger partial charge in [-0.05, 0) is 12.1 Å². The van der Waals surface area contributed by atoms with Gasteiger partial charge in [0.1, 0.15) is 31.9 Å². The summed E-state index contributed by atoms with van der Waals surface area (Å²) in [6.07, 6.45) is -3.03. The van der Waals surface area contributed by atoms with Gasteiger partial charge in [-0.2, -0.15) is 0 Å². The first-order chi connectivity index (χ1) is 10.8. The average Bonchev–Trinajstić information content (AvgIpc) is 3.25. The molecule has 0 spiro atoms. The summed E-state index contributed by atoms with van der Waals surface area (Å²) < 4.78 is 26.4. The molecule has 0 bridgehead atoms. The van der Waals surface area contributed by atoms with Crippen molar-refractivity contribution in [2.45, 2.75) is 24.4 Å². The van der Waals surface area contributed by atoms with Crippen LogP contribution in [0.1, 0.15) is 10.4 Å². The molecule has 2 heterocycles. The number of rotatable bonds is 5. The Kier molecular flexibility index (Phi) is 5.01. The van der Waals surface area contributed by atoms with E-state index in [-0.39, 0.29) is 26.8 Å². The zero-order valence-corrected chi connectivity index (χ0v) is 11.9. The predicted molar refractivity (Wildman–Crippen MR) is 73.0 cm³/mol. The molecule has 7 heteroatoms. The van der Waals surface area contributed by atoms with Crippen LogP contribution in [0.15, 0.2) is 30.3 Å². The van der Waals surface area contributed by atoms with Gasteiger partial charge in [-0.15, -0.1) is 0 Å². The number of esters is 1. The maximum Gasteiger partial charge on any atom is 0.338 e. The van der Waals surface area contributed by atoms with Gasteiger partial charge in [0.2, 0.25) is 0 Å². The van der Waals surface area contributed by atoms with Gasteiger partial charge < -0.3 is 28.8 Å². The van der Waals surface area contributed by atoms with Crippen LogP contribution in [0, 0.1) is 0 Å². The van der Waals surface area contributed by atoms with E-state index in [0.29, 0.717) is 5.56 Å². The minimum atomic E-state index is -1.05. The fraction of sp³-hybridized carbons (Fsp3) is 0.533. The van der Waals surface area contributed by atoms with Gasteiger partial charge in [-0.1, -0.05) is 18.2 Å². The van der Waals surface area contributed by atoms with Crippen molar-refractivity contribution in [2.75, 3.05) is 26.8 Å². The van der Waals surface area contributed by atoms with E-state index in [1.807, 2.05) is 0 Å². The van der Waals surface area contributed by atoms with Gasteiger partial charge in [0.15, 0.2) is 6.10 Å². The van der Waals surface area contributed by atoms with Crippen LogP contribution in [-0.2, 0) is 23.7 Å². The highest BCUT2D eigenvalue weighted by Crippen LogP contribution is 2.21. The lowest BCUT2D eigenvalue weighted by Crippen LogP contribution is -2.48. The molecule has 3 rings (SSSR count). The molecule has 1 N–H and O–H groups in total. The average molecular weight is 310 g/mol. The van der Waals surface area contributed by atoms with Crippen molar-refractivity contribution in [3.05, 3.63) is 35.9 Å². The van der Waals surface area contributed by atoms with Crippen LogP contribution >= 0.6 is 0 Å². The zero-order valence-electron chi connectivity index (χ0n) is 11.9. The number of ether oxygens (including phenoxy) is 5. The van der Waals surface area contributed by atoms with Crippen LogP contribution in [0.2, 0.25) is 0 Å². The lowest BCUT2D eigenvalue weighted by molar-refractivity contribution is -0.115. The molecule has 2 saturated heterocycles. The van der Waals surface area contributed by atoms with E-state index in [1.54, 1.807) is 30.3 Å². The summed E-state index contributed by atoms with van der Waals surface area (Å²) >= 11 is 0. The smallest absolute Gasteiger partial charge is 0.338 e. The van der Waals surface area contributed by atoms with Gasteiger partial charge >= 0.3 is 5.97 Å². The third kappa shape index (κ3) is 3.45. The number of carbonyl (C=O) groups excluding carboxylic acids is 1. The second-order valence-electron chi connectivity index (χ2n) is 5.11. The number of hydrogen-bond acceptors (Lipinski definition) is 7.